The summed E-state index contributed by atoms with van der Waals surface area (Å²) < 4.78 is 0. The van der Waals surface area contributed by atoms with Crippen molar-refractivity contribution in [2.75, 3.05) is 11.9 Å². The van der Waals surface area contributed by atoms with Gasteiger partial charge in [-0.1, -0.05) is 19.1 Å². The van der Waals surface area contributed by atoms with Gasteiger partial charge in [-0.3, -0.25) is 29.4 Å². The lowest BCUT2D eigenvalue weighted by molar-refractivity contribution is -0.136. The number of rotatable bonds is 3. The summed E-state index contributed by atoms with van der Waals surface area (Å²) in [4.78, 5) is 52.7. The quantitative estimate of drug-likeness (QED) is 0.624. The Bertz CT molecular complexity index is 984. The van der Waals surface area contributed by atoms with E-state index in [1.807, 2.05) is 13.1 Å². The summed E-state index contributed by atoms with van der Waals surface area (Å²) in [5, 5.41) is 2.22. The lowest BCUT2D eigenvalue weighted by atomic mass is 9.89. The molecule has 3 unspecified atom stereocenters. The summed E-state index contributed by atoms with van der Waals surface area (Å²) in [6, 6.07) is 4.75. The molecule has 1 aromatic rings. The topological polar surface area (TPSA) is 86.8 Å². The zero-order valence-electron chi connectivity index (χ0n) is 16.4. The number of allylic oxidation sites excluding steroid dienone is 1. The standard InChI is InChI=1S/C22H23N3O4/c1-11-12-3-4-13(9-12)19(11)24(2)14-5-6-15-16(10-14)22(29)25(21(15)28)17-7-8-18(26)23-20(17)27/h3-6,10-13,17,19H,7-9H2,1-2H3,(H,23,26,27)/t11-,12?,13?,17?,19+/m1/s1. The van der Waals surface area contributed by atoms with E-state index in [-0.39, 0.29) is 18.7 Å². The molecule has 2 fully saturated rings. The summed E-state index contributed by atoms with van der Waals surface area (Å²) in [6.07, 6.45) is 6.05. The monoisotopic (exact) mass is 393 g/mol. The van der Waals surface area contributed by atoms with Crippen LogP contribution in [-0.2, 0) is 9.59 Å². The number of nitrogens with zero attached hydrogens (tertiary/aromatic N) is 2. The van der Waals surface area contributed by atoms with E-state index in [2.05, 4.69) is 29.3 Å². The van der Waals surface area contributed by atoms with Crippen molar-refractivity contribution >= 4 is 29.3 Å². The van der Waals surface area contributed by atoms with E-state index in [1.54, 1.807) is 12.1 Å². The summed E-state index contributed by atoms with van der Waals surface area (Å²) in [7, 11) is 2.04. The molecule has 0 spiro atoms. The fraction of sp³-hybridized carbons (Fsp3) is 0.455. The molecule has 5 atom stereocenters. The second kappa shape index (κ2) is 6.27. The molecule has 2 bridgehead atoms. The zero-order chi connectivity index (χ0) is 20.4. The molecule has 150 valence electrons. The normalized spacial score (nSPS) is 32.8. The fourth-order valence-corrected chi connectivity index (χ4v) is 5.53. The molecule has 7 nitrogen and oxygen atoms in total. The Hall–Kier alpha value is -2.96. The van der Waals surface area contributed by atoms with Gasteiger partial charge in [-0.2, -0.15) is 0 Å². The SMILES string of the molecule is C[C@@H]1C2C=CC(C2)[C@H]1N(C)c1ccc2c(c1)C(=O)N(C1CCC(=O)NC1=O)C2=O. The van der Waals surface area contributed by atoms with Crippen molar-refractivity contribution in [2.24, 2.45) is 17.8 Å². The molecule has 1 saturated heterocycles. The summed E-state index contributed by atoms with van der Waals surface area (Å²) in [6.45, 7) is 2.27. The van der Waals surface area contributed by atoms with Crippen LogP contribution in [0.25, 0.3) is 0 Å². The maximum Gasteiger partial charge on any atom is 0.262 e. The molecule has 2 heterocycles. The highest BCUT2D eigenvalue weighted by Gasteiger charge is 2.46. The van der Waals surface area contributed by atoms with Crippen LogP contribution in [0.3, 0.4) is 0 Å². The van der Waals surface area contributed by atoms with E-state index in [0.717, 1.165) is 10.6 Å². The minimum absolute atomic E-state index is 0.118. The third-order valence-electron chi connectivity index (χ3n) is 7.08. The average Bonchev–Trinajstić information content (AvgIpc) is 3.35. The number of piperidine rings is 1. The van der Waals surface area contributed by atoms with Crippen molar-refractivity contribution in [1.82, 2.24) is 10.2 Å². The highest BCUT2D eigenvalue weighted by atomic mass is 16.2. The number of benzene rings is 1. The van der Waals surface area contributed by atoms with Gasteiger partial charge in [0.2, 0.25) is 11.8 Å². The number of hydrogen-bond acceptors (Lipinski definition) is 5. The molecule has 29 heavy (non-hydrogen) atoms. The number of amides is 4. The van der Waals surface area contributed by atoms with E-state index >= 15 is 0 Å². The number of carbonyl (C=O) groups excluding carboxylic acids is 4. The first-order chi connectivity index (χ1) is 13.9. The van der Waals surface area contributed by atoms with Gasteiger partial charge in [-0.25, -0.2) is 0 Å². The Morgan fingerprint density at radius 3 is 2.45 bits per heavy atom. The van der Waals surface area contributed by atoms with Crippen LogP contribution in [0.4, 0.5) is 5.69 Å². The Morgan fingerprint density at radius 1 is 1.03 bits per heavy atom. The minimum atomic E-state index is -0.933. The lowest BCUT2D eigenvalue weighted by Gasteiger charge is -2.35. The van der Waals surface area contributed by atoms with Gasteiger partial charge < -0.3 is 4.90 Å². The van der Waals surface area contributed by atoms with Crippen LogP contribution in [0, 0.1) is 17.8 Å². The van der Waals surface area contributed by atoms with Crippen LogP contribution >= 0.6 is 0 Å². The molecule has 1 N–H and O–H groups in total. The Morgan fingerprint density at radius 2 is 1.76 bits per heavy atom. The summed E-state index contributed by atoms with van der Waals surface area (Å²) in [5.74, 6) is -0.253. The van der Waals surface area contributed by atoms with Crippen LogP contribution in [0.15, 0.2) is 30.4 Å². The first kappa shape index (κ1) is 18.1. The minimum Gasteiger partial charge on any atom is -0.371 e. The average molecular weight is 393 g/mol. The smallest absolute Gasteiger partial charge is 0.262 e. The van der Waals surface area contributed by atoms with Gasteiger partial charge in [-0.15, -0.1) is 0 Å². The highest BCUT2D eigenvalue weighted by molar-refractivity contribution is 6.23. The first-order valence-corrected chi connectivity index (χ1v) is 10.1. The second-order valence-electron chi connectivity index (χ2n) is 8.59. The predicted molar refractivity (Wildman–Crippen MR) is 105 cm³/mol. The van der Waals surface area contributed by atoms with Crippen LogP contribution < -0.4 is 10.2 Å². The third-order valence-corrected chi connectivity index (χ3v) is 7.08. The van der Waals surface area contributed by atoms with Crippen molar-refractivity contribution in [3.63, 3.8) is 0 Å². The molecule has 1 saturated carbocycles. The molecular weight excluding hydrogens is 370 g/mol. The number of hydrogen-bond donors (Lipinski definition) is 1. The number of imide groups is 2. The lowest BCUT2D eigenvalue weighted by Crippen LogP contribution is -2.54. The molecule has 4 amide bonds. The molecule has 2 aliphatic heterocycles. The Labute approximate surface area is 168 Å². The van der Waals surface area contributed by atoms with Crippen LogP contribution in [-0.4, -0.2) is 47.7 Å². The Balaban J connectivity index is 1.43. The van der Waals surface area contributed by atoms with Crippen LogP contribution in [0.5, 0.6) is 0 Å². The molecular formula is C22H23N3O4. The maximum absolute atomic E-state index is 13.0. The van der Waals surface area contributed by atoms with Gasteiger partial charge in [0.1, 0.15) is 6.04 Å². The summed E-state index contributed by atoms with van der Waals surface area (Å²) >= 11 is 0. The molecule has 5 rings (SSSR count). The molecule has 0 aromatic heterocycles. The van der Waals surface area contributed by atoms with Crippen molar-refractivity contribution in [2.45, 2.75) is 38.3 Å². The molecule has 0 radical (unpaired) electrons. The third kappa shape index (κ3) is 2.56. The number of fused-ring (bicyclic) bond motifs is 3. The highest BCUT2D eigenvalue weighted by Crippen LogP contribution is 2.46. The number of carbonyl (C=O) groups is 4. The fourth-order valence-electron chi connectivity index (χ4n) is 5.53. The van der Waals surface area contributed by atoms with E-state index in [0.29, 0.717) is 34.9 Å². The Kier molecular flexibility index (Phi) is 3.91. The van der Waals surface area contributed by atoms with Crippen LogP contribution in [0.1, 0.15) is 46.9 Å². The first-order valence-electron chi connectivity index (χ1n) is 10.1. The number of nitrogens with one attached hydrogen (secondary N) is 1. The van der Waals surface area contributed by atoms with Gasteiger partial charge >= 0.3 is 0 Å². The largest absolute Gasteiger partial charge is 0.371 e. The van der Waals surface area contributed by atoms with E-state index in [1.165, 1.54) is 6.42 Å². The molecule has 1 aromatic carbocycles. The van der Waals surface area contributed by atoms with E-state index in [4.69, 9.17) is 0 Å². The van der Waals surface area contributed by atoms with Crippen LogP contribution in [0.2, 0.25) is 0 Å². The van der Waals surface area contributed by atoms with Crippen molar-refractivity contribution in [3.05, 3.63) is 41.5 Å². The molecule has 4 aliphatic rings. The molecule has 2 aliphatic carbocycles. The van der Waals surface area contributed by atoms with Gasteiger partial charge in [0.05, 0.1) is 11.1 Å². The molecule has 7 heteroatoms. The zero-order valence-corrected chi connectivity index (χ0v) is 16.4. The van der Waals surface area contributed by atoms with Gasteiger partial charge in [0, 0.05) is 25.2 Å². The van der Waals surface area contributed by atoms with E-state index in [9.17, 15) is 19.2 Å². The van der Waals surface area contributed by atoms with Crippen molar-refractivity contribution in [3.8, 4) is 0 Å². The van der Waals surface area contributed by atoms with E-state index < -0.39 is 23.8 Å². The van der Waals surface area contributed by atoms with Crippen molar-refractivity contribution in [1.29, 1.82) is 0 Å². The second-order valence-corrected chi connectivity index (χ2v) is 8.59. The van der Waals surface area contributed by atoms with Gasteiger partial charge in [0.25, 0.3) is 11.8 Å². The number of anilines is 1. The predicted octanol–water partition coefficient (Wildman–Crippen LogP) is 1.73. The maximum atomic E-state index is 13.0. The van der Waals surface area contributed by atoms with Gasteiger partial charge in [0.15, 0.2) is 0 Å². The van der Waals surface area contributed by atoms with Gasteiger partial charge in [-0.05, 0) is 48.8 Å². The summed E-state index contributed by atoms with van der Waals surface area (Å²) in [5.41, 5.74) is 1.54. The van der Waals surface area contributed by atoms with Crippen molar-refractivity contribution < 1.29 is 19.2 Å².